The summed E-state index contributed by atoms with van der Waals surface area (Å²) in [4.78, 5) is 0. The number of hydrogen-bond donors (Lipinski definition) is 1. The molecule has 0 aliphatic rings. The van der Waals surface area contributed by atoms with Crippen LogP contribution >= 0.6 is 0 Å². The second-order valence-electron chi connectivity index (χ2n) is 2.96. The molecule has 0 amide bonds. The van der Waals surface area contributed by atoms with Crippen LogP contribution in [0.1, 0.15) is 20.8 Å². The lowest BCUT2D eigenvalue weighted by Gasteiger charge is -2.14. The Morgan fingerprint density at radius 1 is 1.42 bits per heavy atom. The molecule has 0 aromatic carbocycles. The summed E-state index contributed by atoms with van der Waals surface area (Å²) < 4.78 is 0. The SMILES string of the molecule is C=C/C=C(\C(=C/C)NC)C(C)C. The summed E-state index contributed by atoms with van der Waals surface area (Å²) in [7, 11) is 1.94. The first-order chi connectivity index (χ1) is 5.67. The highest BCUT2D eigenvalue weighted by Crippen LogP contribution is 2.16. The molecule has 0 heterocycles. The van der Waals surface area contributed by atoms with Crippen LogP contribution in [0, 0.1) is 5.92 Å². The van der Waals surface area contributed by atoms with Gasteiger partial charge in [0.1, 0.15) is 0 Å². The van der Waals surface area contributed by atoms with Gasteiger partial charge < -0.3 is 5.32 Å². The Morgan fingerprint density at radius 3 is 2.25 bits per heavy atom. The summed E-state index contributed by atoms with van der Waals surface area (Å²) in [5, 5.41) is 3.16. The van der Waals surface area contributed by atoms with Gasteiger partial charge in [0.15, 0.2) is 0 Å². The minimum Gasteiger partial charge on any atom is -0.388 e. The molecule has 0 saturated heterocycles. The monoisotopic (exact) mass is 165 g/mol. The molecule has 0 aliphatic carbocycles. The van der Waals surface area contributed by atoms with E-state index in [1.807, 2.05) is 20.0 Å². The average molecular weight is 165 g/mol. The average Bonchev–Trinajstić information content (AvgIpc) is 2.05. The second kappa shape index (κ2) is 5.64. The van der Waals surface area contributed by atoms with E-state index >= 15 is 0 Å². The van der Waals surface area contributed by atoms with Gasteiger partial charge in [-0.2, -0.15) is 0 Å². The van der Waals surface area contributed by atoms with Gasteiger partial charge in [-0.3, -0.25) is 0 Å². The molecule has 1 N–H and O–H groups in total. The van der Waals surface area contributed by atoms with E-state index in [0.29, 0.717) is 5.92 Å². The largest absolute Gasteiger partial charge is 0.388 e. The molecule has 0 bridgehead atoms. The van der Waals surface area contributed by atoms with E-state index in [1.165, 1.54) is 11.3 Å². The van der Waals surface area contributed by atoms with Crippen LogP contribution in [-0.2, 0) is 0 Å². The Labute approximate surface area is 75.9 Å². The molecule has 68 valence electrons. The van der Waals surface area contributed by atoms with E-state index in [-0.39, 0.29) is 0 Å². The fourth-order valence-corrected chi connectivity index (χ4v) is 1.18. The highest BCUT2D eigenvalue weighted by molar-refractivity contribution is 5.32. The van der Waals surface area contributed by atoms with Crippen molar-refractivity contribution < 1.29 is 0 Å². The summed E-state index contributed by atoms with van der Waals surface area (Å²) in [5.74, 6) is 0.529. The van der Waals surface area contributed by atoms with Crippen LogP contribution < -0.4 is 5.32 Å². The van der Waals surface area contributed by atoms with Gasteiger partial charge in [0.2, 0.25) is 0 Å². The van der Waals surface area contributed by atoms with Crippen LogP contribution in [0.15, 0.2) is 36.1 Å². The standard InChI is InChI=1S/C11H19N/c1-6-8-10(9(3)4)11(7-2)12-5/h6-9,12H,1H2,2-5H3/b10-8-,11-7+. The maximum atomic E-state index is 3.70. The van der Waals surface area contributed by atoms with Crippen molar-refractivity contribution in [2.24, 2.45) is 5.92 Å². The highest BCUT2D eigenvalue weighted by atomic mass is 14.8. The van der Waals surface area contributed by atoms with Crippen LogP contribution in [0.25, 0.3) is 0 Å². The summed E-state index contributed by atoms with van der Waals surface area (Å²) >= 11 is 0. The van der Waals surface area contributed by atoms with Crippen molar-refractivity contribution in [1.82, 2.24) is 5.32 Å². The van der Waals surface area contributed by atoms with Crippen molar-refractivity contribution in [2.75, 3.05) is 7.05 Å². The molecule has 0 fully saturated rings. The highest BCUT2D eigenvalue weighted by Gasteiger charge is 2.05. The molecule has 0 spiro atoms. The first kappa shape index (κ1) is 11.0. The van der Waals surface area contributed by atoms with Gasteiger partial charge in [-0.15, -0.1) is 0 Å². The zero-order chi connectivity index (χ0) is 9.56. The van der Waals surface area contributed by atoms with Crippen molar-refractivity contribution >= 4 is 0 Å². The topological polar surface area (TPSA) is 12.0 Å². The molecule has 0 atom stereocenters. The van der Waals surface area contributed by atoms with Gasteiger partial charge in [0.25, 0.3) is 0 Å². The van der Waals surface area contributed by atoms with Crippen LogP contribution in [0.4, 0.5) is 0 Å². The zero-order valence-electron chi connectivity index (χ0n) is 8.52. The quantitative estimate of drug-likeness (QED) is 0.632. The van der Waals surface area contributed by atoms with Gasteiger partial charge in [-0.05, 0) is 18.4 Å². The smallest absolute Gasteiger partial charge is 0.0329 e. The minimum atomic E-state index is 0.529. The van der Waals surface area contributed by atoms with E-state index in [9.17, 15) is 0 Å². The van der Waals surface area contributed by atoms with E-state index < -0.39 is 0 Å². The second-order valence-corrected chi connectivity index (χ2v) is 2.96. The van der Waals surface area contributed by atoms with Gasteiger partial charge in [-0.1, -0.05) is 38.7 Å². The number of nitrogens with one attached hydrogen (secondary N) is 1. The predicted molar refractivity (Wildman–Crippen MR) is 55.9 cm³/mol. The first-order valence-electron chi connectivity index (χ1n) is 4.34. The first-order valence-corrected chi connectivity index (χ1v) is 4.34. The van der Waals surface area contributed by atoms with Crippen LogP contribution in [0.3, 0.4) is 0 Å². The van der Waals surface area contributed by atoms with Crippen LogP contribution in [-0.4, -0.2) is 7.05 Å². The molecule has 12 heavy (non-hydrogen) atoms. The van der Waals surface area contributed by atoms with E-state index in [0.717, 1.165) is 0 Å². The zero-order valence-corrected chi connectivity index (χ0v) is 8.52. The van der Waals surface area contributed by atoms with E-state index in [1.54, 1.807) is 0 Å². The third-order valence-corrected chi connectivity index (χ3v) is 1.79. The van der Waals surface area contributed by atoms with Crippen LogP contribution in [0.2, 0.25) is 0 Å². The van der Waals surface area contributed by atoms with Gasteiger partial charge in [-0.25, -0.2) is 0 Å². The number of rotatable bonds is 4. The third-order valence-electron chi connectivity index (χ3n) is 1.79. The summed E-state index contributed by atoms with van der Waals surface area (Å²) in [6.07, 6.45) is 5.96. The van der Waals surface area contributed by atoms with Crippen molar-refractivity contribution in [3.05, 3.63) is 36.1 Å². The Kier molecular flexibility index (Phi) is 5.18. The summed E-state index contributed by atoms with van der Waals surface area (Å²) in [6, 6.07) is 0. The fraction of sp³-hybridized carbons (Fsp3) is 0.455. The normalized spacial score (nSPS) is 13.4. The van der Waals surface area contributed by atoms with Gasteiger partial charge in [0.05, 0.1) is 0 Å². The molecule has 0 aromatic rings. The maximum Gasteiger partial charge on any atom is 0.0329 e. The van der Waals surface area contributed by atoms with E-state index in [4.69, 9.17) is 0 Å². The number of hydrogen-bond acceptors (Lipinski definition) is 1. The van der Waals surface area contributed by atoms with Gasteiger partial charge >= 0.3 is 0 Å². The molecule has 1 heteroatoms. The Balaban J connectivity index is 4.73. The lowest BCUT2D eigenvalue weighted by atomic mass is 9.99. The Bertz CT molecular complexity index is 197. The van der Waals surface area contributed by atoms with Crippen molar-refractivity contribution in [2.45, 2.75) is 20.8 Å². The number of allylic oxidation sites excluding steroid dienone is 4. The Morgan fingerprint density at radius 2 is 2.00 bits per heavy atom. The molecule has 1 nitrogen and oxygen atoms in total. The van der Waals surface area contributed by atoms with Crippen molar-refractivity contribution in [1.29, 1.82) is 0 Å². The Hall–Kier alpha value is -0.980. The van der Waals surface area contributed by atoms with Crippen LogP contribution in [0.5, 0.6) is 0 Å². The lowest BCUT2D eigenvalue weighted by Crippen LogP contribution is -2.11. The predicted octanol–water partition coefficient (Wildman–Crippen LogP) is 2.88. The molecule has 0 unspecified atom stereocenters. The maximum absolute atomic E-state index is 3.70. The van der Waals surface area contributed by atoms with Crippen molar-refractivity contribution in [3.8, 4) is 0 Å². The molecule has 0 rings (SSSR count). The summed E-state index contributed by atoms with van der Waals surface area (Å²) in [6.45, 7) is 10.1. The molecular weight excluding hydrogens is 146 g/mol. The summed E-state index contributed by atoms with van der Waals surface area (Å²) in [5.41, 5.74) is 2.49. The lowest BCUT2D eigenvalue weighted by molar-refractivity contribution is 0.753. The number of likely N-dealkylation sites (N-methyl/N-ethyl adjacent to an activating group) is 1. The minimum absolute atomic E-state index is 0.529. The molecule has 0 aliphatic heterocycles. The third kappa shape index (κ3) is 2.95. The van der Waals surface area contributed by atoms with E-state index in [2.05, 4.69) is 37.9 Å². The van der Waals surface area contributed by atoms with Crippen molar-refractivity contribution in [3.63, 3.8) is 0 Å². The fourth-order valence-electron chi connectivity index (χ4n) is 1.18. The molecule has 0 aromatic heterocycles. The molecular formula is C11H19N. The van der Waals surface area contributed by atoms with Gasteiger partial charge in [0, 0.05) is 12.7 Å². The molecule has 0 saturated carbocycles. The molecule has 0 radical (unpaired) electrons.